The molecule has 1 N–H and O–H groups in total. The molecule has 0 bridgehead atoms. The predicted octanol–water partition coefficient (Wildman–Crippen LogP) is 5.56. The Morgan fingerprint density at radius 1 is 0.977 bits per heavy atom. The number of imide groups is 1. The Balaban J connectivity index is 1.42. The Bertz CT molecular complexity index is 1700. The van der Waals surface area contributed by atoms with Crippen LogP contribution in [0.3, 0.4) is 0 Å². The number of rotatable bonds is 6. The highest BCUT2D eigenvalue weighted by Crippen LogP contribution is 2.53. The first-order chi connectivity index (χ1) is 20.7. The number of ether oxygens (including phenoxy) is 2. The molecule has 0 radical (unpaired) electrons. The van der Waals surface area contributed by atoms with Crippen LogP contribution in [0, 0.1) is 23.7 Å². The topological polar surface area (TPSA) is 110 Å². The SMILES string of the molecule is C=Cc1ccc(N2C(=O)[C@H]3[C@H](CC=C4[C@H](C=Cc5cc(OC)c(O)c(OC)c5)C5=C(C[C@H]43)C(=O)C(Br)=CC5=O)C2=O)cc1. The summed E-state index contributed by atoms with van der Waals surface area (Å²) in [6.45, 7) is 3.76. The second kappa shape index (κ2) is 11.0. The summed E-state index contributed by atoms with van der Waals surface area (Å²) in [4.78, 5) is 55.6. The molecule has 2 aromatic carbocycles. The van der Waals surface area contributed by atoms with E-state index in [9.17, 15) is 24.3 Å². The van der Waals surface area contributed by atoms with Gasteiger partial charge in [-0.3, -0.25) is 24.1 Å². The van der Waals surface area contributed by atoms with Gasteiger partial charge in [-0.15, -0.1) is 0 Å². The molecule has 4 aliphatic rings. The lowest BCUT2D eigenvalue weighted by Gasteiger charge is -2.41. The Labute approximate surface area is 256 Å². The number of anilines is 1. The number of Topliss-reactive ketones (excluding diaryl/α,β-unsaturated/α-hetero) is 1. The largest absolute Gasteiger partial charge is 0.502 e. The Morgan fingerprint density at radius 2 is 1.65 bits per heavy atom. The monoisotopic (exact) mass is 641 g/mol. The first-order valence-corrected chi connectivity index (χ1v) is 14.6. The van der Waals surface area contributed by atoms with Crippen LogP contribution in [0.1, 0.15) is 24.0 Å². The van der Waals surface area contributed by atoms with Gasteiger partial charge < -0.3 is 14.6 Å². The first kappa shape index (κ1) is 28.6. The maximum Gasteiger partial charge on any atom is 0.238 e. The number of amides is 2. The molecule has 9 heteroatoms. The van der Waals surface area contributed by atoms with Crippen LogP contribution >= 0.6 is 15.9 Å². The molecule has 43 heavy (non-hydrogen) atoms. The minimum absolute atomic E-state index is 0.137. The standard InChI is InChI=1S/C34H28BrNO7/c1-4-17-5-8-19(9-6-17)36-33(40)22-12-11-20-21(10-7-18-13-27(42-2)32(39)28(14-18)43-3)29-24(15-23(20)30(22)34(36)41)31(38)25(35)16-26(29)37/h4-11,13-14,16,21-23,30,39H,1,12,15H2,2-3H3/t21-,22-,23+,30-/m0/s1. The summed E-state index contributed by atoms with van der Waals surface area (Å²) in [5.41, 5.74) is 3.56. The van der Waals surface area contributed by atoms with E-state index in [0.717, 1.165) is 11.1 Å². The third-order valence-corrected chi connectivity index (χ3v) is 9.34. The van der Waals surface area contributed by atoms with Gasteiger partial charge in [0.05, 0.1) is 36.2 Å². The van der Waals surface area contributed by atoms with Gasteiger partial charge in [0, 0.05) is 23.1 Å². The lowest BCUT2D eigenvalue weighted by Crippen LogP contribution is -2.40. The Morgan fingerprint density at radius 3 is 2.28 bits per heavy atom. The van der Waals surface area contributed by atoms with E-state index < -0.39 is 23.7 Å². The van der Waals surface area contributed by atoms with Crippen molar-refractivity contribution < 1.29 is 33.8 Å². The van der Waals surface area contributed by atoms with Gasteiger partial charge in [-0.2, -0.15) is 0 Å². The normalized spacial score (nSPS) is 24.9. The van der Waals surface area contributed by atoms with Gasteiger partial charge in [-0.25, -0.2) is 0 Å². The van der Waals surface area contributed by atoms with Crippen LogP contribution in [0.15, 0.2) is 82.4 Å². The summed E-state index contributed by atoms with van der Waals surface area (Å²) >= 11 is 3.24. The maximum atomic E-state index is 14.0. The van der Waals surface area contributed by atoms with E-state index in [1.54, 1.807) is 48.6 Å². The number of hydrogen-bond acceptors (Lipinski definition) is 7. The summed E-state index contributed by atoms with van der Waals surface area (Å²) in [5.74, 6) is -3.13. The number of ketones is 2. The lowest BCUT2D eigenvalue weighted by molar-refractivity contribution is -0.123. The first-order valence-electron chi connectivity index (χ1n) is 13.8. The highest BCUT2D eigenvalue weighted by molar-refractivity contribution is 9.12. The van der Waals surface area contributed by atoms with Gasteiger partial charge in [-0.05, 0) is 70.1 Å². The molecule has 1 fully saturated rings. The Kier molecular flexibility index (Phi) is 7.30. The predicted molar refractivity (Wildman–Crippen MR) is 165 cm³/mol. The molecule has 6 rings (SSSR count). The van der Waals surface area contributed by atoms with E-state index in [1.807, 2.05) is 12.2 Å². The highest BCUT2D eigenvalue weighted by Gasteiger charge is 2.56. The van der Waals surface area contributed by atoms with E-state index >= 15 is 0 Å². The number of halogens is 1. The fourth-order valence-corrected chi connectivity index (χ4v) is 7.16. The smallest absolute Gasteiger partial charge is 0.238 e. The van der Waals surface area contributed by atoms with Gasteiger partial charge in [0.2, 0.25) is 17.6 Å². The van der Waals surface area contributed by atoms with E-state index in [-0.39, 0.29) is 51.5 Å². The van der Waals surface area contributed by atoms with Crippen molar-refractivity contribution in [3.8, 4) is 17.2 Å². The molecule has 8 nitrogen and oxygen atoms in total. The zero-order valence-corrected chi connectivity index (χ0v) is 25.1. The van der Waals surface area contributed by atoms with Gasteiger partial charge in [0.15, 0.2) is 23.1 Å². The number of allylic oxidation sites excluding steroid dienone is 7. The van der Waals surface area contributed by atoms with Crippen molar-refractivity contribution in [1.82, 2.24) is 0 Å². The van der Waals surface area contributed by atoms with Crippen LogP contribution < -0.4 is 14.4 Å². The molecule has 0 aromatic heterocycles. The molecule has 1 aliphatic heterocycles. The van der Waals surface area contributed by atoms with Crippen molar-refractivity contribution in [2.75, 3.05) is 19.1 Å². The molecule has 218 valence electrons. The van der Waals surface area contributed by atoms with E-state index in [0.29, 0.717) is 28.8 Å². The van der Waals surface area contributed by atoms with Crippen LogP contribution in [0.5, 0.6) is 17.2 Å². The van der Waals surface area contributed by atoms with Crippen LogP contribution in [0.25, 0.3) is 12.2 Å². The third kappa shape index (κ3) is 4.59. The average Bonchev–Trinajstić information content (AvgIpc) is 3.27. The number of hydrogen-bond donors (Lipinski definition) is 1. The number of aromatic hydroxyl groups is 1. The molecule has 2 amide bonds. The van der Waals surface area contributed by atoms with Crippen molar-refractivity contribution >= 4 is 57.2 Å². The number of methoxy groups -OCH3 is 2. The molecule has 2 aromatic rings. The second-order valence-corrected chi connectivity index (χ2v) is 11.7. The van der Waals surface area contributed by atoms with Crippen molar-refractivity contribution in [2.24, 2.45) is 23.7 Å². The minimum Gasteiger partial charge on any atom is -0.502 e. The minimum atomic E-state index is -0.669. The number of carbonyl (C=O) groups excluding carboxylic acids is 4. The second-order valence-electron chi connectivity index (χ2n) is 10.9. The fraction of sp³-hybridized carbons (Fsp3) is 0.235. The number of carbonyl (C=O) groups is 4. The summed E-state index contributed by atoms with van der Waals surface area (Å²) in [6.07, 6.45) is 9.07. The number of nitrogens with zero attached hydrogens (tertiary/aromatic N) is 1. The summed E-state index contributed by atoms with van der Waals surface area (Å²) in [5, 5.41) is 10.3. The van der Waals surface area contributed by atoms with Gasteiger partial charge in [-0.1, -0.05) is 48.6 Å². The van der Waals surface area contributed by atoms with E-state index in [2.05, 4.69) is 22.5 Å². The molecular formula is C34H28BrNO7. The molecule has 0 saturated carbocycles. The number of phenolic OH excluding ortho intramolecular Hbond substituents is 1. The fourth-order valence-electron chi connectivity index (χ4n) is 6.72. The average molecular weight is 643 g/mol. The van der Waals surface area contributed by atoms with Gasteiger partial charge in [0.1, 0.15) is 0 Å². The van der Waals surface area contributed by atoms with Crippen molar-refractivity contribution in [1.29, 1.82) is 0 Å². The third-order valence-electron chi connectivity index (χ3n) is 8.75. The van der Waals surface area contributed by atoms with Crippen LogP contribution in [-0.4, -0.2) is 42.7 Å². The van der Waals surface area contributed by atoms with Gasteiger partial charge >= 0.3 is 0 Å². The van der Waals surface area contributed by atoms with Crippen molar-refractivity contribution in [2.45, 2.75) is 12.8 Å². The van der Waals surface area contributed by atoms with Gasteiger partial charge in [0.25, 0.3) is 0 Å². The molecule has 4 atom stereocenters. The zero-order chi connectivity index (χ0) is 30.6. The summed E-state index contributed by atoms with van der Waals surface area (Å²) < 4.78 is 10.7. The summed E-state index contributed by atoms with van der Waals surface area (Å²) in [6, 6.07) is 10.3. The lowest BCUT2D eigenvalue weighted by atomic mass is 9.61. The number of benzene rings is 2. The van der Waals surface area contributed by atoms with Crippen LogP contribution in [0.4, 0.5) is 5.69 Å². The van der Waals surface area contributed by atoms with Crippen molar-refractivity contribution in [3.63, 3.8) is 0 Å². The molecule has 0 unspecified atom stereocenters. The number of fused-ring (bicyclic) bond motifs is 3. The number of phenols is 1. The molecule has 1 saturated heterocycles. The van der Waals surface area contributed by atoms with Crippen LogP contribution in [0.2, 0.25) is 0 Å². The van der Waals surface area contributed by atoms with Crippen molar-refractivity contribution in [3.05, 3.63) is 93.5 Å². The maximum absolute atomic E-state index is 14.0. The Hall–Kier alpha value is -4.50. The quantitative estimate of drug-likeness (QED) is 0.250. The highest BCUT2D eigenvalue weighted by atomic mass is 79.9. The molecule has 0 spiro atoms. The molecule has 1 heterocycles. The van der Waals surface area contributed by atoms with E-state index in [1.165, 1.54) is 25.2 Å². The zero-order valence-electron chi connectivity index (χ0n) is 23.5. The van der Waals surface area contributed by atoms with Crippen LogP contribution in [-0.2, 0) is 19.2 Å². The summed E-state index contributed by atoms with van der Waals surface area (Å²) in [7, 11) is 2.86. The molecular weight excluding hydrogens is 614 g/mol. The van der Waals surface area contributed by atoms with E-state index in [4.69, 9.17) is 9.47 Å². The molecule has 3 aliphatic carbocycles.